The number of nitrogens with zero attached hydrogens (tertiary/aromatic N) is 3. The number of carbonyl (C=O) groups is 2. The number of urea groups is 1. The van der Waals surface area contributed by atoms with Crippen LogP contribution in [0.5, 0.6) is 0 Å². The molecule has 0 atom stereocenters. The summed E-state index contributed by atoms with van der Waals surface area (Å²) in [6, 6.07) is -0.325. The molecule has 2 heterocycles. The summed E-state index contributed by atoms with van der Waals surface area (Å²) in [5.41, 5.74) is -0.588. The van der Waals surface area contributed by atoms with Gasteiger partial charge in [-0.2, -0.15) is 0 Å². The van der Waals surface area contributed by atoms with Crippen molar-refractivity contribution in [2.45, 2.75) is 24.9 Å². The van der Waals surface area contributed by atoms with Crippen LogP contribution < -0.4 is 5.32 Å². The van der Waals surface area contributed by atoms with Crippen molar-refractivity contribution in [3.8, 4) is 0 Å². The molecule has 1 N–H and O–H groups in total. The van der Waals surface area contributed by atoms with Gasteiger partial charge in [0.15, 0.2) is 3.92 Å². The van der Waals surface area contributed by atoms with E-state index in [-0.39, 0.29) is 11.9 Å². The van der Waals surface area contributed by atoms with Crippen LogP contribution >= 0.6 is 27.3 Å². The van der Waals surface area contributed by atoms with Gasteiger partial charge in [-0.3, -0.25) is 10.1 Å². The van der Waals surface area contributed by atoms with E-state index in [1.54, 1.807) is 4.90 Å². The van der Waals surface area contributed by atoms with Crippen molar-refractivity contribution in [3.05, 3.63) is 8.92 Å². The summed E-state index contributed by atoms with van der Waals surface area (Å²) in [5.74, 6) is -0.180. The van der Waals surface area contributed by atoms with Crippen LogP contribution in [-0.4, -0.2) is 32.6 Å². The first-order valence-electron chi connectivity index (χ1n) is 4.73. The number of aromatic nitrogens is 2. The van der Waals surface area contributed by atoms with Crippen LogP contribution in [0.2, 0.25) is 0 Å². The van der Waals surface area contributed by atoms with Gasteiger partial charge in [-0.15, -0.1) is 10.2 Å². The summed E-state index contributed by atoms with van der Waals surface area (Å²) in [6.07, 6.45) is 1.48. The van der Waals surface area contributed by atoms with Crippen molar-refractivity contribution < 1.29 is 9.59 Å². The van der Waals surface area contributed by atoms with Gasteiger partial charge in [-0.25, -0.2) is 4.79 Å². The number of rotatable bonds is 2. The Bertz CT molecular complexity index is 484. The summed E-state index contributed by atoms with van der Waals surface area (Å²) in [5, 5.41) is 10.8. The molecule has 3 amide bonds. The molecule has 2 aliphatic rings. The van der Waals surface area contributed by atoms with Crippen molar-refractivity contribution in [1.29, 1.82) is 0 Å². The Morgan fingerprint density at radius 3 is 2.75 bits per heavy atom. The lowest BCUT2D eigenvalue weighted by atomic mass is 10.2. The average Bonchev–Trinajstić information content (AvgIpc) is 2.88. The van der Waals surface area contributed by atoms with Crippen LogP contribution in [0, 0.1) is 0 Å². The van der Waals surface area contributed by atoms with Crippen LogP contribution in [0.3, 0.4) is 0 Å². The van der Waals surface area contributed by atoms with E-state index in [9.17, 15) is 9.59 Å². The third kappa shape index (κ3) is 1.36. The molecule has 6 nitrogen and oxygen atoms in total. The smallest absolute Gasteiger partial charge is 0.303 e. The number of amides is 3. The highest BCUT2D eigenvalue weighted by atomic mass is 79.9. The first-order valence-corrected chi connectivity index (χ1v) is 6.34. The van der Waals surface area contributed by atoms with Crippen molar-refractivity contribution in [3.63, 3.8) is 0 Å². The highest BCUT2D eigenvalue weighted by Gasteiger charge is 2.61. The second kappa shape index (κ2) is 3.24. The summed E-state index contributed by atoms with van der Waals surface area (Å²) in [7, 11) is 0. The molecule has 2 fully saturated rings. The Balaban J connectivity index is 1.85. The summed E-state index contributed by atoms with van der Waals surface area (Å²) >= 11 is 4.58. The molecule has 1 saturated heterocycles. The molecular weight excluding hydrogens is 296 g/mol. The Morgan fingerprint density at radius 1 is 1.44 bits per heavy atom. The first kappa shape index (κ1) is 10.2. The van der Waals surface area contributed by atoms with E-state index in [4.69, 9.17) is 0 Å². The topological polar surface area (TPSA) is 75.2 Å². The van der Waals surface area contributed by atoms with E-state index in [2.05, 4.69) is 31.4 Å². The van der Waals surface area contributed by atoms with Crippen molar-refractivity contribution in [1.82, 2.24) is 20.4 Å². The van der Waals surface area contributed by atoms with Gasteiger partial charge >= 0.3 is 6.03 Å². The zero-order valence-corrected chi connectivity index (χ0v) is 10.5. The second-order valence-corrected chi connectivity index (χ2v) is 6.16. The fourth-order valence-electron chi connectivity index (χ4n) is 1.87. The molecule has 1 aromatic rings. The van der Waals surface area contributed by atoms with Crippen molar-refractivity contribution in [2.75, 3.05) is 0 Å². The van der Waals surface area contributed by atoms with Gasteiger partial charge in [0, 0.05) is 0 Å². The molecule has 1 aliphatic carbocycles. The second-order valence-electron chi connectivity index (χ2n) is 3.83. The monoisotopic (exact) mass is 302 g/mol. The fraction of sp³-hybridized carbons (Fsp3) is 0.500. The molecule has 3 rings (SSSR count). The molecular formula is C8H7BrN4O2S. The Hall–Kier alpha value is -1.02. The summed E-state index contributed by atoms with van der Waals surface area (Å²) in [6.45, 7) is 0.348. The summed E-state index contributed by atoms with van der Waals surface area (Å²) in [4.78, 5) is 24.7. The number of halogens is 1. The van der Waals surface area contributed by atoms with Crippen LogP contribution in [0.15, 0.2) is 3.92 Å². The van der Waals surface area contributed by atoms with E-state index in [0.717, 1.165) is 17.8 Å². The Kier molecular flexibility index (Phi) is 2.05. The number of carbonyl (C=O) groups excluding carboxylic acids is 2. The molecule has 0 unspecified atom stereocenters. The third-order valence-electron chi connectivity index (χ3n) is 2.86. The van der Waals surface area contributed by atoms with E-state index < -0.39 is 5.54 Å². The van der Waals surface area contributed by atoms with Crippen LogP contribution in [0.25, 0.3) is 0 Å². The predicted octanol–water partition coefficient (Wildman–Crippen LogP) is 0.885. The maximum atomic E-state index is 11.6. The fourth-order valence-corrected chi connectivity index (χ4v) is 3.06. The lowest BCUT2D eigenvalue weighted by molar-refractivity contribution is -0.122. The standard InChI is InChI=1S/C8H7BrN4O2S/c9-6-12-11-4(16-6)3-13-7(15)10-5(14)8(13)1-2-8/h1-3H2,(H,10,14,15). The van der Waals surface area contributed by atoms with E-state index in [1.165, 1.54) is 11.3 Å². The summed E-state index contributed by atoms with van der Waals surface area (Å²) < 4.78 is 0.679. The van der Waals surface area contributed by atoms with Crippen molar-refractivity contribution in [2.24, 2.45) is 0 Å². The largest absolute Gasteiger partial charge is 0.325 e. The first-order chi connectivity index (χ1) is 7.62. The van der Waals surface area contributed by atoms with Gasteiger partial charge in [-0.05, 0) is 28.8 Å². The van der Waals surface area contributed by atoms with Crippen LogP contribution in [-0.2, 0) is 11.3 Å². The number of imide groups is 1. The van der Waals surface area contributed by atoms with Gasteiger partial charge in [0.25, 0.3) is 5.91 Å². The number of hydrogen-bond donors (Lipinski definition) is 1. The van der Waals surface area contributed by atoms with Gasteiger partial charge in [0.2, 0.25) is 0 Å². The molecule has 0 aromatic carbocycles. The minimum Gasteiger partial charge on any atom is -0.303 e. The maximum absolute atomic E-state index is 11.6. The molecule has 84 valence electrons. The number of nitrogens with one attached hydrogen (secondary N) is 1. The lowest BCUT2D eigenvalue weighted by Crippen LogP contribution is -2.36. The van der Waals surface area contributed by atoms with Gasteiger partial charge in [0.1, 0.15) is 10.5 Å². The maximum Gasteiger partial charge on any atom is 0.325 e. The quantitative estimate of drug-likeness (QED) is 0.823. The molecule has 16 heavy (non-hydrogen) atoms. The lowest BCUT2D eigenvalue weighted by Gasteiger charge is -2.18. The highest BCUT2D eigenvalue weighted by molar-refractivity contribution is 9.11. The number of hydrogen-bond acceptors (Lipinski definition) is 5. The van der Waals surface area contributed by atoms with Gasteiger partial charge in [-0.1, -0.05) is 11.3 Å². The van der Waals surface area contributed by atoms with Crippen LogP contribution in [0.4, 0.5) is 4.79 Å². The molecule has 1 saturated carbocycles. The average molecular weight is 303 g/mol. The van der Waals surface area contributed by atoms with Crippen LogP contribution in [0.1, 0.15) is 17.8 Å². The molecule has 0 bridgehead atoms. The molecule has 1 spiro atoms. The molecule has 8 heteroatoms. The van der Waals surface area contributed by atoms with E-state index >= 15 is 0 Å². The Labute approximate surface area is 103 Å². The normalized spacial score (nSPS) is 21.7. The highest BCUT2D eigenvalue weighted by Crippen LogP contribution is 2.45. The van der Waals surface area contributed by atoms with Gasteiger partial charge < -0.3 is 4.90 Å². The third-order valence-corrected chi connectivity index (χ3v) is 4.20. The SMILES string of the molecule is O=C1NC(=O)C2(CC2)N1Cc1nnc(Br)s1. The molecule has 1 aromatic heterocycles. The minimum absolute atomic E-state index is 0.180. The minimum atomic E-state index is -0.588. The van der Waals surface area contributed by atoms with Crippen molar-refractivity contribution >= 4 is 39.2 Å². The van der Waals surface area contributed by atoms with E-state index in [1.807, 2.05) is 0 Å². The van der Waals surface area contributed by atoms with E-state index in [0.29, 0.717) is 10.5 Å². The zero-order valence-electron chi connectivity index (χ0n) is 8.07. The zero-order chi connectivity index (χ0) is 11.3. The predicted molar refractivity (Wildman–Crippen MR) is 58.7 cm³/mol. The molecule has 0 radical (unpaired) electrons. The molecule has 1 aliphatic heterocycles. The van der Waals surface area contributed by atoms with Gasteiger partial charge in [0.05, 0.1) is 6.54 Å². The Morgan fingerprint density at radius 2 is 2.19 bits per heavy atom.